The fourth-order valence-corrected chi connectivity index (χ4v) is 5.59. The van der Waals surface area contributed by atoms with Gasteiger partial charge >= 0.3 is 5.97 Å². The first-order valence-corrected chi connectivity index (χ1v) is 15.5. The zero-order valence-corrected chi connectivity index (χ0v) is 24.4. The Kier molecular flexibility index (Phi) is 9.13. The van der Waals surface area contributed by atoms with Crippen molar-refractivity contribution < 1.29 is 40.2 Å². The smallest absolute Gasteiger partial charge is 0.354 e. The number of aromatic amines is 1. The number of esters is 1. The van der Waals surface area contributed by atoms with Crippen molar-refractivity contribution in [2.75, 3.05) is 29.0 Å². The van der Waals surface area contributed by atoms with Gasteiger partial charge in [0.1, 0.15) is 22.8 Å². The van der Waals surface area contributed by atoms with E-state index in [0.29, 0.717) is 11.6 Å². The van der Waals surface area contributed by atoms with Crippen molar-refractivity contribution >= 4 is 43.7 Å². The van der Waals surface area contributed by atoms with Crippen LogP contribution in [0.5, 0.6) is 11.5 Å². The molecule has 15 heteroatoms. The summed E-state index contributed by atoms with van der Waals surface area (Å²) in [4.78, 5) is 28.2. The maximum absolute atomic E-state index is 14.6. The Hall–Kier alpha value is -4.08. The van der Waals surface area contributed by atoms with Crippen LogP contribution in [0.25, 0.3) is 22.0 Å². The molecule has 0 bridgehead atoms. The van der Waals surface area contributed by atoms with Gasteiger partial charge in [0.25, 0.3) is 16.8 Å². The topological polar surface area (TPSA) is 148 Å². The van der Waals surface area contributed by atoms with Gasteiger partial charge < -0.3 is 19.0 Å². The summed E-state index contributed by atoms with van der Waals surface area (Å²) in [5.74, 6) is -3.42. The van der Waals surface area contributed by atoms with Crippen LogP contribution >= 0.6 is 0 Å². The molecule has 2 aromatic carbocycles. The molecule has 1 unspecified atom stereocenters. The van der Waals surface area contributed by atoms with Crippen LogP contribution in [0, 0.1) is 11.6 Å². The number of hydrogen-bond donors (Lipinski definition) is 2. The Morgan fingerprint density at radius 1 is 1.10 bits per heavy atom. The molecular weight excluding hydrogens is 596 g/mol. The monoisotopic (exact) mass is 623 g/mol. The van der Waals surface area contributed by atoms with E-state index in [4.69, 9.17) is 9.47 Å². The van der Waals surface area contributed by atoms with Gasteiger partial charge in [-0.05, 0) is 43.3 Å². The third-order valence-electron chi connectivity index (χ3n) is 6.35. The first-order valence-electron chi connectivity index (χ1n) is 12.6. The van der Waals surface area contributed by atoms with Crippen molar-refractivity contribution in [1.82, 2.24) is 9.55 Å². The number of halogens is 2. The average Bonchev–Trinajstić information content (AvgIpc) is 3.39. The summed E-state index contributed by atoms with van der Waals surface area (Å²) >= 11 is -2.64. The van der Waals surface area contributed by atoms with Crippen molar-refractivity contribution in [2.45, 2.75) is 13.8 Å². The van der Waals surface area contributed by atoms with Gasteiger partial charge in [0.05, 0.1) is 18.0 Å². The zero-order valence-electron chi connectivity index (χ0n) is 22.7. The number of carbonyl (C=O) groups is 1. The molecule has 0 fully saturated rings. The van der Waals surface area contributed by atoms with Crippen molar-refractivity contribution in [3.05, 3.63) is 76.3 Å². The van der Waals surface area contributed by atoms with Crippen molar-refractivity contribution in [2.24, 2.45) is 7.05 Å². The Balaban J connectivity index is 1.95. The van der Waals surface area contributed by atoms with Crippen LogP contribution in [-0.2, 0) is 32.9 Å². The van der Waals surface area contributed by atoms with E-state index in [1.807, 2.05) is 0 Å². The molecule has 0 radical (unpaired) electrons. The second kappa shape index (κ2) is 12.4. The molecule has 0 saturated heterocycles. The van der Waals surface area contributed by atoms with E-state index in [0.717, 1.165) is 16.4 Å². The predicted molar refractivity (Wildman–Crippen MR) is 154 cm³/mol. The van der Waals surface area contributed by atoms with Gasteiger partial charge in [-0.25, -0.2) is 26.2 Å². The van der Waals surface area contributed by atoms with Gasteiger partial charge in [0, 0.05) is 48.1 Å². The van der Waals surface area contributed by atoms with Crippen LogP contribution in [0.4, 0.5) is 14.5 Å². The van der Waals surface area contributed by atoms with Crippen molar-refractivity contribution in [1.29, 1.82) is 0 Å². The number of hydrogen-bond acceptors (Lipinski definition) is 7. The summed E-state index contributed by atoms with van der Waals surface area (Å²) in [7, 11) is -2.03. The lowest BCUT2D eigenvalue weighted by Crippen LogP contribution is -2.31. The fraction of sp³-hybridized carbons (Fsp3) is 0.259. The second-order valence-corrected chi connectivity index (χ2v) is 12.5. The van der Waals surface area contributed by atoms with Gasteiger partial charge in [-0.15, -0.1) is 0 Å². The van der Waals surface area contributed by atoms with E-state index < -0.39 is 50.0 Å². The van der Waals surface area contributed by atoms with Crippen LogP contribution < -0.4 is 14.6 Å². The number of nitrogens with one attached hydrogen (secondary N) is 1. The van der Waals surface area contributed by atoms with E-state index in [9.17, 15) is 35.5 Å². The first-order chi connectivity index (χ1) is 19.8. The normalized spacial score (nSPS) is 12.3. The molecule has 1 atom stereocenters. The van der Waals surface area contributed by atoms with E-state index >= 15 is 0 Å². The third kappa shape index (κ3) is 6.53. The zero-order chi connectivity index (χ0) is 30.8. The highest BCUT2D eigenvalue weighted by atomic mass is 32.2. The molecule has 0 spiro atoms. The molecule has 4 aromatic rings. The number of rotatable bonds is 11. The van der Waals surface area contributed by atoms with Crippen LogP contribution in [-0.4, -0.2) is 57.4 Å². The molecule has 0 aliphatic rings. The quantitative estimate of drug-likeness (QED) is 0.187. The average molecular weight is 624 g/mol. The number of fused-ring (bicyclic) bond motifs is 1. The molecule has 2 N–H and O–H groups in total. The predicted octanol–water partition coefficient (Wildman–Crippen LogP) is 4.16. The number of pyridine rings is 1. The molecule has 0 aliphatic carbocycles. The summed E-state index contributed by atoms with van der Waals surface area (Å²) in [5, 5.41) is 0.257. The third-order valence-corrected chi connectivity index (χ3v) is 8.80. The molecule has 0 aliphatic heterocycles. The summed E-state index contributed by atoms with van der Waals surface area (Å²) in [6.45, 7) is 2.84. The molecule has 0 amide bonds. The maximum Gasteiger partial charge on any atom is 0.354 e. The van der Waals surface area contributed by atoms with E-state index in [2.05, 4.69) is 4.98 Å². The lowest BCUT2D eigenvalue weighted by molar-refractivity contribution is 0.0520. The van der Waals surface area contributed by atoms with Crippen molar-refractivity contribution in [3.8, 4) is 22.6 Å². The SMILES string of the molecule is CCOC(=O)c1cc2c(-c3cc(N(CCS(=O)(=O)CC)S(=O)O)ccc3Oc3ccc(F)cc3F)cn(C)c(=O)c2[nH]1. The molecule has 2 heterocycles. The number of aromatic nitrogens is 2. The van der Waals surface area contributed by atoms with Crippen molar-refractivity contribution in [3.63, 3.8) is 0 Å². The Morgan fingerprint density at radius 3 is 2.45 bits per heavy atom. The van der Waals surface area contributed by atoms with Gasteiger partial charge in [-0.1, -0.05) is 6.92 Å². The highest BCUT2D eigenvalue weighted by molar-refractivity contribution is 7.91. The van der Waals surface area contributed by atoms with E-state index in [1.165, 1.54) is 49.0 Å². The molecule has 42 heavy (non-hydrogen) atoms. The van der Waals surface area contributed by atoms with Crippen LogP contribution in [0.1, 0.15) is 24.3 Å². The van der Waals surface area contributed by atoms with Crippen LogP contribution in [0.2, 0.25) is 0 Å². The second-order valence-electron chi connectivity index (χ2n) is 9.08. The molecule has 0 saturated carbocycles. The van der Waals surface area contributed by atoms with Gasteiger partial charge in [0.15, 0.2) is 21.4 Å². The number of nitrogens with zero attached hydrogens (tertiary/aromatic N) is 2. The largest absolute Gasteiger partial charge is 0.461 e. The molecular formula is C27H27F2N3O8S2. The molecule has 11 nitrogen and oxygen atoms in total. The Bertz CT molecular complexity index is 1850. The number of carbonyl (C=O) groups excluding carboxylic acids is 1. The summed E-state index contributed by atoms with van der Waals surface area (Å²) < 4.78 is 87.7. The molecule has 2 aromatic heterocycles. The minimum atomic E-state index is -3.50. The molecule has 4 rings (SSSR count). The number of ether oxygens (including phenoxy) is 2. The lowest BCUT2D eigenvalue weighted by atomic mass is 10.0. The van der Waals surface area contributed by atoms with Crippen LogP contribution in [0.15, 0.2) is 53.5 Å². The Labute approximate surface area is 242 Å². The summed E-state index contributed by atoms with van der Waals surface area (Å²) in [6, 6.07) is 8.24. The number of anilines is 1. The number of benzene rings is 2. The highest BCUT2D eigenvalue weighted by Gasteiger charge is 2.23. The number of H-pyrrole nitrogens is 1. The Morgan fingerprint density at radius 2 is 1.81 bits per heavy atom. The molecule has 224 valence electrons. The van der Waals surface area contributed by atoms with Gasteiger partial charge in [0.2, 0.25) is 0 Å². The highest BCUT2D eigenvalue weighted by Crippen LogP contribution is 2.40. The minimum Gasteiger partial charge on any atom is -0.461 e. The standard InChI is InChI=1S/C27H27F2N3O8S2/c1-4-39-27(34)22-14-19-20(15-31(3)26(33)25(19)30-22)18-13-17(32(41(35)36)10-11-42(37,38)5-2)7-9-23(18)40-24-8-6-16(28)12-21(24)29/h6-9,12-15,30H,4-5,10-11H2,1-3H3,(H,35,36). The summed E-state index contributed by atoms with van der Waals surface area (Å²) in [5.41, 5.74) is 0.132. The lowest BCUT2D eigenvalue weighted by Gasteiger charge is -2.22. The first kappa shape index (κ1) is 30.9. The summed E-state index contributed by atoms with van der Waals surface area (Å²) in [6.07, 6.45) is 1.43. The van der Waals surface area contributed by atoms with E-state index in [1.54, 1.807) is 6.92 Å². The van der Waals surface area contributed by atoms with E-state index in [-0.39, 0.29) is 58.3 Å². The van der Waals surface area contributed by atoms with Crippen LogP contribution in [0.3, 0.4) is 0 Å². The number of aryl methyl sites for hydroxylation is 1. The number of sulfone groups is 1. The van der Waals surface area contributed by atoms with Gasteiger partial charge in [-0.2, -0.15) is 0 Å². The fourth-order valence-electron chi connectivity index (χ4n) is 4.18. The van der Waals surface area contributed by atoms with Gasteiger partial charge in [-0.3, -0.25) is 13.7 Å². The maximum atomic E-state index is 14.6. The minimum absolute atomic E-state index is 0.00736.